The molecule has 0 saturated heterocycles. The molecule has 0 saturated carbocycles. The lowest BCUT2D eigenvalue weighted by atomic mass is 10.1. The first-order valence-electron chi connectivity index (χ1n) is 7.01. The predicted molar refractivity (Wildman–Crippen MR) is 89.5 cm³/mol. The Balaban J connectivity index is 2.19. The minimum absolute atomic E-state index is 0.931. The summed E-state index contributed by atoms with van der Waals surface area (Å²) in [5.74, 6) is 0.931. The molecule has 21 heavy (non-hydrogen) atoms. The maximum atomic E-state index is 6.07. The number of nitrogens with one attached hydrogen (secondary N) is 1. The van der Waals surface area contributed by atoms with Crippen LogP contribution < -0.4 is 0 Å². The highest BCUT2D eigenvalue weighted by Crippen LogP contribution is 2.36. The fourth-order valence-electron chi connectivity index (χ4n) is 3.00. The van der Waals surface area contributed by atoms with Gasteiger partial charge in [0.05, 0.1) is 10.9 Å². The fourth-order valence-corrected chi connectivity index (χ4v) is 3.00. The van der Waals surface area contributed by atoms with Crippen LogP contribution in [0.15, 0.2) is 59.5 Å². The maximum Gasteiger partial charge on any atom is 0.144 e. The van der Waals surface area contributed by atoms with Crippen LogP contribution in [-0.4, -0.2) is 4.98 Å². The van der Waals surface area contributed by atoms with Gasteiger partial charge in [0.25, 0.3) is 0 Å². The van der Waals surface area contributed by atoms with Gasteiger partial charge in [0.15, 0.2) is 0 Å². The van der Waals surface area contributed by atoms with Crippen LogP contribution in [0.1, 0.15) is 11.3 Å². The Morgan fingerprint density at radius 3 is 2.76 bits per heavy atom. The molecule has 0 spiro atoms. The van der Waals surface area contributed by atoms with E-state index in [9.17, 15) is 0 Å². The van der Waals surface area contributed by atoms with Gasteiger partial charge >= 0.3 is 0 Å². The molecule has 0 unspecified atom stereocenters. The number of rotatable bonds is 2. The van der Waals surface area contributed by atoms with E-state index in [-0.39, 0.29) is 0 Å². The summed E-state index contributed by atoms with van der Waals surface area (Å²) in [6.07, 6.45) is 5.77. The van der Waals surface area contributed by atoms with E-state index in [1.807, 2.05) is 19.1 Å². The standard InChI is InChI=1S/C19H15NO/c1-3-4-7-13-12(2)21-19-14(13)10-11-17-18(19)15-8-5-6-9-16(15)20-17/h3-11,20H,1H2,2H3/b7-4-. The molecule has 0 radical (unpaired) electrons. The summed E-state index contributed by atoms with van der Waals surface area (Å²) in [7, 11) is 0. The van der Waals surface area contributed by atoms with Crippen molar-refractivity contribution in [3.05, 3.63) is 66.5 Å². The summed E-state index contributed by atoms with van der Waals surface area (Å²) >= 11 is 0. The van der Waals surface area contributed by atoms with Crippen molar-refractivity contribution in [2.24, 2.45) is 0 Å². The van der Waals surface area contributed by atoms with Crippen molar-refractivity contribution in [1.82, 2.24) is 4.98 Å². The highest BCUT2D eigenvalue weighted by molar-refractivity contribution is 6.19. The van der Waals surface area contributed by atoms with Crippen LogP contribution >= 0.6 is 0 Å². The third-order valence-corrected chi connectivity index (χ3v) is 3.95. The molecule has 2 nitrogen and oxygen atoms in total. The SMILES string of the molecule is C=C/C=C\c1c(C)oc2c1ccc1[nH]c3ccccc3c12. The molecule has 2 aromatic heterocycles. The first-order chi connectivity index (χ1) is 10.3. The lowest BCUT2D eigenvalue weighted by Crippen LogP contribution is -1.73. The molecule has 102 valence electrons. The van der Waals surface area contributed by atoms with Crippen LogP contribution in [0.4, 0.5) is 0 Å². The van der Waals surface area contributed by atoms with Gasteiger partial charge in [-0.05, 0) is 25.1 Å². The van der Waals surface area contributed by atoms with Crippen molar-refractivity contribution >= 4 is 38.9 Å². The molecule has 2 heteroatoms. The molecule has 4 rings (SSSR count). The number of para-hydroxylation sites is 1. The Morgan fingerprint density at radius 2 is 1.90 bits per heavy atom. The molecular formula is C19H15NO. The van der Waals surface area contributed by atoms with E-state index < -0.39 is 0 Å². The largest absolute Gasteiger partial charge is 0.460 e. The lowest BCUT2D eigenvalue weighted by molar-refractivity contribution is 0.580. The number of hydrogen-bond donors (Lipinski definition) is 1. The van der Waals surface area contributed by atoms with Gasteiger partial charge in [0, 0.05) is 21.9 Å². The third kappa shape index (κ3) is 1.66. The minimum atomic E-state index is 0.931. The van der Waals surface area contributed by atoms with Crippen LogP contribution in [0.25, 0.3) is 38.9 Å². The van der Waals surface area contributed by atoms with Gasteiger partial charge in [-0.2, -0.15) is 0 Å². The molecule has 0 bridgehead atoms. The highest BCUT2D eigenvalue weighted by Gasteiger charge is 2.14. The van der Waals surface area contributed by atoms with Gasteiger partial charge in [0.2, 0.25) is 0 Å². The summed E-state index contributed by atoms with van der Waals surface area (Å²) < 4.78 is 6.07. The van der Waals surface area contributed by atoms with Gasteiger partial charge in [-0.1, -0.05) is 43.0 Å². The number of hydrogen-bond acceptors (Lipinski definition) is 1. The number of allylic oxidation sites excluding steroid dienone is 2. The van der Waals surface area contributed by atoms with E-state index >= 15 is 0 Å². The van der Waals surface area contributed by atoms with Gasteiger partial charge in [-0.15, -0.1) is 0 Å². The second-order valence-electron chi connectivity index (χ2n) is 5.20. The highest BCUT2D eigenvalue weighted by atomic mass is 16.3. The number of aromatic nitrogens is 1. The van der Waals surface area contributed by atoms with Crippen LogP contribution in [0.3, 0.4) is 0 Å². The summed E-state index contributed by atoms with van der Waals surface area (Å²) in [6, 6.07) is 12.6. The Hall–Kier alpha value is -2.74. The lowest BCUT2D eigenvalue weighted by Gasteiger charge is -1.94. The van der Waals surface area contributed by atoms with Gasteiger partial charge in [0.1, 0.15) is 11.3 Å². The molecule has 2 aromatic carbocycles. The molecule has 4 aromatic rings. The summed E-state index contributed by atoms with van der Waals surface area (Å²) in [5, 5.41) is 3.50. The van der Waals surface area contributed by atoms with E-state index in [1.165, 1.54) is 5.39 Å². The summed E-state index contributed by atoms with van der Waals surface area (Å²) in [5.41, 5.74) is 4.32. The summed E-state index contributed by atoms with van der Waals surface area (Å²) in [4.78, 5) is 3.45. The molecule has 0 fully saturated rings. The van der Waals surface area contributed by atoms with Crippen molar-refractivity contribution < 1.29 is 4.42 Å². The second kappa shape index (κ2) is 4.38. The Morgan fingerprint density at radius 1 is 1.05 bits per heavy atom. The van der Waals surface area contributed by atoms with Gasteiger partial charge < -0.3 is 9.40 Å². The topological polar surface area (TPSA) is 28.9 Å². The number of furan rings is 1. The zero-order valence-corrected chi connectivity index (χ0v) is 11.8. The maximum absolute atomic E-state index is 6.07. The normalized spacial score (nSPS) is 12.0. The molecule has 1 N–H and O–H groups in total. The zero-order chi connectivity index (χ0) is 14.4. The van der Waals surface area contributed by atoms with E-state index in [0.29, 0.717) is 0 Å². The third-order valence-electron chi connectivity index (χ3n) is 3.95. The molecule has 0 aliphatic heterocycles. The van der Waals surface area contributed by atoms with Crippen molar-refractivity contribution in [2.45, 2.75) is 6.92 Å². The van der Waals surface area contributed by atoms with Crippen molar-refractivity contribution in [3.8, 4) is 0 Å². The average molecular weight is 273 g/mol. The van der Waals surface area contributed by atoms with Gasteiger partial charge in [-0.3, -0.25) is 0 Å². The molecule has 0 aliphatic rings. The van der Waals surface area contributed by atoms with Crippen LogP contribution in [0, 0.1) is 6.92 Å². The van der Waals surface area contributed by atoms with Crippen LogP contribution in [-0.2, 0) is 0 Å². The predicted octanol–water partition coefficient (Wildman–Crippen LogP) is 5.57. The monoisotopic (exact) mass is 273 g/mol. The number of benzene rings is 2. The Bertz CT molecular complexity index is 1010. The number of aryl methyl sites for hydroxylation is 1. The van der Waals surface area contributed by atoms with Crippen molar-refractivity contribution in [3.63, 3.8) is 0 Å². The molecule has 2 heterocycles. The average Bonchev–Trinajstić information content (AvgIpc) is 3.02. The quantitative estimate of drug-likeness (QED) is 0.475. The van der Waals surface area contributed by atoms with Crippen LogP contribution in [0.5, 0.6) is 0 Å². The molecular weight excluding hydrogens is 258 g/mol. The molecule has 0 aliphatic carbocycles. The van der Waals surface area contributed by atoms with Crippen LogP contribution in [0.2, 0.25) is 0 Å². The zero-order valence-electron chi connectivity index (χ0n) is 11.8. The van der Waals surface area contributed by atoms with E-state index in [4.69, 9.17) is 4.42 Å². The fraction of sp³-hybridized carbons (Fsp3) is 0.0526. The Labute approximate surface area is 122 Å². The van der Waals surface area contributed by atoms with Crippen molar-refractivity contribution in [1.29, 1.82) is 0 Å². The molecule has 0 amide bonds. The van der Waals surface area contributed by atoms with E-state index in [0.717, 1.165) is 38.7 Å². The first-order valence-corrected chi connectivity index (χ1v) is 7.01. The smallest absolute Gasteiger partial charge is 0.144 e. The van der Waals surface area contributed by atoms with Gasteiger partial charge in [-0.25, -0.2) is 0 Å². The number of fused-ring (bicyclic) bond motifs is 5. The summed E-state index contributed by atoms with van der Waals surface area (Å²) in [6.45, 7) is 5.73. The van der Waals surface area contributed by atoms with Crippen molar-refractivity contribution in [2.75, 3.05) is 0 Å². The first kappa shape index (κ1) is 12.0. The van der Waals surface area contributed by atoms with E-state index in [2.05, 4.69) is 48.0 Å². The van der Waals surface area contributed by atoms with E-state index in [1.54, 1.807) is 6.08 Å². The second-order valence-corrected chi connectivity index (χ2v) is 5.20. The number of H-pyrrole nitrogens is 1. The molecule has 0 atom stereocenters. The Kier molecular flexibility index (Phi) is 2.51. The number of aromatic amines is 1. The minimum Gasteiger partial charge on any atom is -0.460 e.